The van der Waals surface area contributed by atoms with Crippen LogP contribution < -0.4 is 0 Å². The fraction of sp³-hybridized carbons (Fsp3) is 0.500. The van der Waals surface area contributed by atoms with E-state index in [4.69, 9.17) is 0 Å². The first kappa shape index (κ1) is 6.94. The molecule has 0 rings (SSSR count). The molecule has 0 aromatic heterocycles. The maximum Gasteiger partial charge on any atom is 0.228 e. The van der Waals surface area contributed by atoms with Gasteiger partial charge < -0.3 is 0 Å². The van der Waals surface area contributed by atoms with Gasteiger partial charge in [-0.1, -0.05) is 0 Å². The van der Waals surface area contributed by atoms with E-state index in [0.717, 1.165) is 10.0 Å². The molecule has 0 saturated carbocycles. The highest BCUT2D eigenvalue weighted by Crippen LogP contribution is 1.76. The number of carbonyl (C=O) groups is 2. The summed E-state index contributed by atoms with van der Waals surface area (Å²) in [4.78, 5) is 19.7. The zero-order valence-electron chi connectivity index (χ0n) is 4.87. The van der Waals surface area contributed by atoms with Crippen LogP contribution in [-0.4, -0.2) is 36.9 Å². The maximum atomic E-state index is 9.83. The smallest absolute Gasteiger partial charge is 0.228 e. The normalized spacial score (nSPS) is 7.75. The number of nitrogens with zero attached hydrogens (tertiary/aromatic N) is 2. The molecule has 0 radical (unpaired) electrons. The summed E-state index contributed by atoms with van der Waals surface area (Å²) in [7, 11) is 2.98. The van der Waals surface area contributed by atoms with Crippen molar-refractivity contribution in [2.24, 2.45) is 0 Å². The van der Waals surface area contributed by atoms with Crippen LogP contribution >= 0.6 is 0 Å². The topological polar surface area (TPSA) is 40.6 Å². The predicted molar refractivity (Wildman–Crippen MR) is 27.7 cm³/mol. The minimum Gasteiger partial charge on any atom is -0.277 e. The van der Waals surface area contributed by atoms with Gasteiger partial charge in [-0.2, -0.15) is 0 Å². The first-order chi connectivity index (χ1) is 3.72. The summed E-state index contributed by atoms with van der Waals surface area (Å²) in [6.07, 6.45) is 1.10. The molecule has 0 fully saturated rings. The molecule has 0 atom stereocenters. The monoisotopic (exact) mass is 116 g/mol. The summed E-state index contributed by atoms with van der Waals surface area (Å²) in [5.41, 5.74) is 0. The Balaban J connectivity index is 3.60. The highest BCUT2D eigenvalue weighted by atomic mass is 16.2. The zero-order valence-corrected chi connectivity index (χ0v) is 4.87. The molecule has 46 valence electrons. The number of hydrogen-bond acceptors (Lipinski definition) is 2. The van der Waals surface area contributed by atoms with Crippen LogP contribution in [-0.2, 0) is 9.59 Å². The van der Waals surface area contributed by atoms with Crippen LogP contribution in [0.15, 0.2) is 0 Å². The van der Waals surface area contributed by atoms with Crippen molar-refractivity contribution in [2.45, 2.75) is 0 Å². The van der Waals surface area contributed by atoms with Gasteiger partial charge in [-0.15, -0.1) is 0 Å². The Hall–Kier alpha value is -1.06. The fourth-order valence-corrected chi connectivity index (χ4v) is 0.149. The second-order valence-electron chi connectivity index (χ2n) is 1.36. The lowest BCUT2D eigenvalue weighted by atomic mass is 11.0. The highest BCUT2D eigenvalue weighted by molar-refractivity contribution is 5.53. The van der Waals surface area contributed by atoms with Gasteiger partial charge in [0.05, 0.1) is 0 Å². The van der Waals surface area contributed by atoms with E-state index >= 15 is 0 Å². The Bertz CT molecular complexity index is 82.0. The van der Waals surface area contributed by atoms with Crippen LogP contribution in [0.3, 0.4) is 0 Å². The summed E-state index contributed by atoms with van der Waals surface area (Å²) >= 11 is 0. The van der Waals surface area contributed by atoms with Crippen molar-refractivity contribution in [3.8, 4) is 0 Å². The fourth-order valence-electron chi connectivity index (χ4n) is 0.149. The Morgan fingerprint density at radius 1 is 1.00 bits per heavy atom. The Kier molecular flexibility index (Phi) is 2.61. The van der Waals surface area contributed by atoms with Crippen LogP contribution in [0, 0.1) is 0 Å². The average molecular weight is 116 g/mol. The molecular formula is C4H8N2O2. The molecule has 0 unspecified atom stereocenters. The van der Waals surface area contributed by atoms with E-state index in [1.54, 1.807) is 0 Å². The first-order valence-corrected chi connectivity index (χ1v) is 2.08. The number of carbonyl (C=O) groups excluding carboxylic acids is 2. The van der Waals surface area contributed by atoms with Crippen molar-refractivity contribution < 1.29 is 9.59 Å². The Morgan fingerprint density at radius 2 is 1.25 bits per heavy atom. The zero-order chi connectivity index (χ0) is 6.57. The molecule has 0 aliphatic heterocycles. The third-order valence-electron chi connectivity index (χ3n) is 0.803. The Morgan fingerprint density at radius 3 is 1.38 bits per heavy atom. The summed E-state index contributed by atoms with van der Waals surface area (Å²) in [5.74, 6) is 0. The van der Waals surface area contributed by atoms with E-state index in [2.05, 4.69) is 0 Å². The van der Waals surface area contributed by atoms with E-state index in [9.17, 15) is 9.59 Å². The quantitative estimate of drug-likeness (QED) is 0.353. The van der Waals surface area contributed by atoms with Crippen molar-refractivity contribution in [1.29, 1.82) is 0 Å². The predicted octanol–water partition coefficient (Wildman–Crippen LogP) is -0.922. The van der Waals surface area contributed by atoms with Crippen molar-refractivity contribution in [3.05, 3.63) is 0 Å². The van der Waals surface area contributed by atoms with Crippen molar-refractivity contribution in [1.82, 2.24) is 10.0 Å². The maximum absolute atomic E-state index is 9.83. The van der Waals surface area contributed by atoms with Crippen LogP contribution in [0.5, 0.6) is 0 Å². The van der Waals surface area contributed by atoms with E-state index in [1.165, 1.54) is 14.1 Å². The SMILES string of the molecule is CN(C=O)N(C)C=O. The summed E-state index contributed by atoms with van der Waals surface area (Å²) < 4.78 is 0. The number of rotatable bonds is 3. The highest BCUT2D eigenvalue weighted by Gasteiger charge is 1.94. The standard InChI is InChI=1S/C4H8N2O2/c1-5(3-7)6(2)4-8/h3-4H,1-2H3. The van der Waals surface area contributed by atoms with Gasteiger partial charge in [0.25, 0.3) is 0 Å². The van der Waals surface area contributed by atoms with Crippen LogP contribution in [0.2, 0.25) is 0 Å². The lowest BCUT2D eigenvalue weighted by molar-refractivity contribution is -0.141. The first-order valence-electron chi connectivity index (χ1n) is 2.08. The molecular weight excluding hydrogens is 108 g/mol. The summed E-state index contributed by atoms with van der Waals surface area (Å²) in [5, 5.41) is 2.26. The minimum atomic E-state index is 0.550. The number of hydrogen-bond donors (Lipinski definition) is 0. The van der Waals surface area contributed by atoms with Gasteiger partial charge in [-0.3, -0.25) is 19.6 Å². The molecule has 0 heterocycles. The van der Waals surface area contributed by atoms with Gasteiger partial charge in [-0.05, 0) is 0 Å². The summed E-state index contributed by atoms with van der Waals surface area (Å²) in [6, 6.07) is 0. The van der Waals surface area contributed by atoms with Crippen LogP contribution in [0.1, 0.15) is 0 Å². The molecule has 0 bridgehead atoms. The molecule has 0 saturated heterocycles. The van der Waals surface area contributed by atoms with Gasteiger partial charge >= 0.3 is 0 Å². The molecule has 0 aliphatic carbocycles. The average Bonchev–Trinajstić information content (AvgIpc) is 1.84. The van der Waals surface area contributed by atoms with E-state index < -0.39 is 0 Å². The summed E-state index contributed by atoms with van der Waals surface area (Å²) in [6.45, 7) is 0. The molecule has 4 nitrogen and oxygen atoms in total. The van der Waals surface area contributed by atoms with Gasteiger partial charge in [0, 0.05) is 14.1 Å². The number of amides is 2. The Labute approximate surface area is 47.6 Å². The van der Waals surface area contributed by atoms with Crippen molar-refractivity contribution in [3.63, 3.8) is 0 Å². The number of hydrazine groups is 1. The third kappa shape index (κ3) is 1.59. The largest absolute Gasteiger partial charge is 0.277 e. The van der Waals surface area contributed by atoms with Crippen LogP contribution in [0.4, 0.5) is 0 Å². The lowest BCUT2D eigenvalue weighted by Gasteiger charge is -2.18. The third-order valence-corrected chi connectivity index (χ3v) is 0.803. The molecule has 0 N–H and O–H groups in total. The van der Waals surface area contributed by atoms with Gasteiger partial charge in [0.15, 0.2) is 0 Å². The van der Waals surface area contributed by atoms with E-state index in [0.29, 0.717) is 12.8 Å². The second-order valence-corrected chi connectivity index (χ2v) is 1.36. The van der Waals surface area contributed by atoms with Gasteiger partial charge in [-0.25, -0.2) is 0 Å². The lowest BCUT2D eigenvalue weighted by Crippen LogP contribution is -2.33. The molecule has 0 aromatic carbocycles. The van der Waals surface area contributed by atoms with Crippen LogP contribution in [0.25, 0.3) is 0 Å². The van der Waals surface area contributed by atoms with Crippen molar-refractivity contribution in [2.75, 3.05) is 14.1 Å². The van der Waals surface area contributed by atoms with E-state index in [1.807, 2.05) is 0 Å². The van der Waals surface area contributed by atoms with E-state index in [-0.39, 0.29) is 0 Å². The molecule has 2 amide bonds. The van der Waals surface area contributed by atoms with Gasteiger partial charge in [0.1, 0.15) is 0 Å². The minimum absolute atomic E-state index is 0.550. The molecule has 4 heteroatoms. The van der Waals surface area contributed by atoms with Gasteiger partial charge in [0.2, 0.25) is 12.8 Å². The van der Waals surface area contributed by atoms with Crippen molar-refractivity contribution >= 4 is 12.8 Å². The molecule has 0 spiro atoms. The second kappa shape index (κ2) is 3.01. The molecule has 0 aliphatic rings. The molecule has 0 aromatic rings. The molecule has 8 heavy (non-hydrogen) atoms.